The number of amides is 1. The van der Waals surface area contributed by atoms with Crippen LogP contribution in [0.4, 0.5) is 15.1 Å². The van der Waals surface area contributed by atoms with Crippen molar-refractivity contribution in [1.82, 2.24) is 24.8 Å². The van der Waals surface area contributed by atoms with Gasteiger partial charge < -0.3 is 30.8 Å². The van der Waals surface area contributed by atoms with Crippen LogP contribution in [0.3, 0.4) is 0 Å². The van der Waals surface area contributed by atoms with Crippen molar-refractivity contribution in [3.05, 3.63) is 71.2 Å². The molecule has 3 aromatic rings. The number of ether oxygens (including phenoxy) is 1. The molecule has 0 bridgehead atoms. The number of benzene rings is 1. The van der Waals surface area contributed by atoms with E-state index in [1.165, 1.54) is 34.8 Å². The lowest BCUT2D eigenvalue weighted by atomic mass is 10.1. The van der Waals surface area contributed by atoms with E-state index in [0.29, 0.717) is 28.8 Å². The van der Waals surface area contributed by atoms with E-state index in [4.69, 9.17) is 10.1 Å². The number of allylic oxidation sites excluding steroid dienone is 1. The van der Waals surface area contributed by atoms with Gasteiger partial charge in [-0.05, 0) is 42.3 Å². The topological polar surface area (TPSA) is 128 Å². The smallest absolute Gasteiger partial charge is 0.329 e. The Hall–Kier alpha value is -4.25. The molecule has 4 rings (SSSR count). The molecule has 10 nitrogen and oxygen atoms in total. The fourth-order valence-corrected chi connectivity index (χ4v) is 4.03. The van der Waals surface area contributed by atoms with Crippen molar-refractivity contribution in [2.75, 3.05) is 26.1 Å². The summed E-state index contributed by atoms with van der Waals surface area (Å²) < 4.78 is 20.7. The molecule has 1 unspecified atom stereocenters. The molecule has 1 atom stereocenters. The molecule has 0 spiro atoms. The number of nitrogens with one attached hydrogen (secondary N) is 3. The predicted octanol–water partition coefficient (Wildman–Crippen LogP) is 3.04. The van der Waals surface area contributed by atoms with Gasteiger partial charge in [0.25, 0.3) is 0 Å². The minimum atomic E-state index is -0.729. The molecule has 0 fully saturated rings. The monoisotopic (exact) mass is 479 g/mol. The first kappa shape index (κ1) is 23.9. The molecule has 11 heteroatoms. The summed E-state index contributed by atoms with van der Waals surface area (Å²) in [5, 5.41) is 23.2. The molecular formula is C24H26FN7O3. The second kappa shape index (κ2) is 9.94. The van der Waals surface area contributed by atoms with Gasteiger partial charge in [-0.3, -0.25) is 4.57 Å². The van der Waals surface area contributed by atoms with Crippen LogP contribution in [0.1, 0.15) is 22.9 Å². The Bertz CT molecular complexity index is 1300. The number of carbonyl (C=O) groups is 1. The molecule has 4 N–H and O–H groups in total. The van der Waals surface area contributed by atoms with Crippen molar-refractivity contribution < 1.29 is 19.0 Å². The Labute approximate surface area is 201 Å². The molecule has 0 aliphatic carbocycles. The fourth-order valence-electron chi connectivity index (χ4n) is 4.03. The van der Waals surface area contributed by atoms with Gasteiger partial charge in [-0.25, -0.2) is 19.2 Å². The number of hydrogen-bond donors (Lipinski definition) is 4. The Morgan fingerprint density at radius 2 is 2.17 bits per heavy atom. The highest BCUT2D eigenvalue weighted by Crippen LogP contribution is 2.34. The molecule has 1 amide bonds. The molecule has 0 saturated heterocycles. The summed E-state index contributed by atoms with van der Waals surface area (Å²) >= 11 is 0. The molecule has 0 saturated carbocycles. The van der Waals surface area contributed by atoms with Crippen LogP contribution < -0.4 is 15.4 Å². The van der Waals surface area contributed by atoms with E-state index >= 15 is 0 Å². The van der Waals surface area contributed by atoms with Gasteiger partial charge >= 0.3 is 6.03 Å². The number of aliphatic hydroxyl groups is 1. The summed E-state index contributed by atoms with van der Waals surface area (Å²) in [6, 6.07) is 4.96. The highest BCUT2D eigenvalue weighted by molar-refractivity contribution is 5.83. The first-order valence-corrected chi connectivity index (χ1v) is 10.9. The zero-order chi connectivity index (χ0) is 25.1. The van der Waals surface area contributed by atoms with Gasteiger partial charge in [0.05, 0.1) is 32.0 Å². The number of anilines is 1. The normalized spacial score (nSPS) is 14.0. The molecule has 35 heavy (non-hydrogen) atoms. The Balaban J connectivity index is 1.61. The van der Waals surface area contributed by atoms with E-state index in [-0.39, 0.29) is 19.2 Å². The van der Waals surface area contributed by atoms with Crippen molar-refractivity contribution in [3.63, 3.8) is 0 Å². The molecule has 182 valence electrons. The van der Waals surface area contributed by atoms with Gasteiger partial charge in [-0.1, -0.05) is 0 Å². The number of nitrogens with zero attached hydrogens (tertiary/aromatic N) is 4. The summed E-state index contributed by atoms with van der Waals surface area (Å²) in [4.78, 5) is 23.6. The summed E-state index contributed by atoms with van der Waals surface area (Å²) in [6.45, 7) is 1.75. The number of methoxy groups -OCH3 is 1. The highest BCUT2D eigenvalue weighted by Gasteiger charge is 2.34. The first-order valence-electron chi connectivity index (χ1n) is 10.9. The number of carbonyl (C=O) groups excluding carboxylic acids is 1. The van der Waals surface area contributed by atoms with E-state index in [0.717, 1.165) is 23.0 Å². The average Bonchev–Trinajstić information content (AvgIpc) is 3.39. The van der Waals surface area contributed by atoms with Gasteiger partial charge in [0.2, 0.25) is 5.95 Å². The zero-order valence-electron chi connectivity index (χ0n) is 19.5. The Kier molecular flexibility index (Phi) is 6.78. The number of halogens is 1. The van der Waals surface area contributed by atoms with Crippen molar-refractivity contribution in [2.24, 2.45) is 0 Å². The third-order valence-corrected chi connectivity index (χ3v) is 5.76. The Morgan fingerprint density at radius 3 is 2.83 bits per heavy atom. The SMILES string of the molecule is CN/C(=C\C=N)Nc1ncc(C)c(-c2cc3n(c2)C(=O)N(C(CO)c2cc(F)cc(OC)c2)C3)n1. The van der Waals surface area contributed by atoms with Crippen LogP contribution in [0.5, 0.6) is 5.75 Å². The maximum Gasteiger partial charge on any atom is 0.329 e. The Morgan fingerprint density at radius 1 is 1.37 bits per heavy atom. The fraction of sp³-hybridized carbons (Fsp3) is 0.250. The first-order chi connectivity index (χ1) is 16.9. The van der Waals surface area contributed by atoms with Crippen LogP contribution in [-0.4, -0.2) is 57.6 Å². The number of aromatic nitrogens is 3. The highest BCUT2D eigenvalue weighted by atomic mass is 19.1. The maximum absolute atomic E-state index is 14.0. The van der Waals surface area contributed by atoms with E-state index in [9.17, 15) is 14.3 Å². The number of aryl methyl sites for hydroxylation is 1. The lowest BCUT2D eigenvalue weighted by Crippen LogP contribution is -2.33. The van der Waals surface area contributed by atoms with Gasteiger partial charge in [-0.15, -0.1) is 0 Å². The number of aliphatic hydroxyl groups excluding tert-OH is 1. The molecule has 2 aromatic heterocycles. The molecule has 1 aliphatic rings. The molecule has 1 aliphatic heterocycles. The van der Waals surface area contributed by atoms with Crippen LogP contribution >= 0.6 is 0 Å². The predicted molar refractivity (Wildman–Crippen MR) is 129 cm³/mol. The van der Waals surface area contributed by atoms with Crippen LogP contribution in [-0.2, 0) is 6.54 Å². The van der Waals surface area contributed by atoms with Crippen molar-refractivity contribution in [2.45, 2.75) is 19.5 Å². The summed E-state index contributed by atoms with van der Waals surface area (Å²) in [6.07, 6.45) is 6.06. The summed E-state index contributed by atoms with van der Waals surface area (Å²) in [5.41, 5.74) is 3.39. The van der Waals surface area contributed by atoms with E-state index in [1.54, 1.807) is 25.5 Å². The average molecular weight is 480 g/mol. The van der Waals surface area contributed by atoms with Gasteiger partial charge in [0, 0.05) is 43.0 Å². The largest absolute Gasteiger partial charge is 0.497 e. The zero-order valence-corrected chi connectivity index (χ0v) is 19.5. The maximum atomic E-state index is 14.0. The minimum Gasteiger partial charge on any atom is -0.497 e. The van der Waals surface area contributed by atoms with E-state index < -0.39 is 11.9 Å². The number of rotatable bonds is 9. The minimum absolute atomic E-state index is 0.240. The van der Waals surface area contributed by atoms with Crippen LogP contribution in [0, 0.1) is 18.2 Å². The third-order valence-electron chi connectivity index (χ3n) is 5.76. The number of fused-ring (bicyclic) bond motifs is 1. The second-order valence-electron chi connectivity index (χ2n) is 7.97. The van der Waals surface area contributed by atoms with Gasteiger partial charge in [0.1, 0.15) is 17.4 Å². The van der Waals surface area contributed by atoms with E-state index in [2.05, 4.69) is 20.6 Å². The van der Waals surface area contributed by atoms with Gasteiger partial charge in [-0.2, -0.15) is 0 Å². The molecule has 0 radical (unpaired) electrons. The lowest BCUT2D eigenvalue weighted by Gasteiger charge is -2.26. The van der Waals surface area contributed by atoms with Crippen molar-refractivity contribution in [1.29, 1.82) is 5.41 Å². The summed E-state index contributed by atoms with van der Waals surface area (Å²) in [5.74, 6) is 0.705. The molecule has 1 aromatic carbocycles. The van der Waals surface area contributed by atoms with Crippen molar-refractivity contribution >= 4 is 18.2 Å². The second-order valence-corrected chi connectivity index (χ2v) is 7.97. The van der Waals surface area contributed by atoms with Crippen LogP contribution in [0.25, 0.3) is 11.3 Å². The number of hydrogen-bond acceptors (Lipinski definition) is 8. The standard InChI is InChI=1S/C24H26FN7O3/c1-14-10-28-23(29-21(27-2)4-5-26)30-22(14)16-7-18-12-32(24(34)31(18)11-16)20(13-33)15-6-17(25)9-19(8-15)35-3/h4-11,20,26-27,33H,12-13H2,1-3H3,(H,28,29,30)/b21-4+,26-5?. The van der Waals surface area contributed by atoms with Crippen LogP contribution in [0.15, 0.2) is 48.6 Å². The quantitative estimate of drug-likeness (QED) is 0.347. The lowest BCUT2D eigenvalue weighted by molar-refractivity contribution is 0.141. The third kappa shape index (κ3) is 4.71. The van der Waals surface area contributed by atoms with E-state index in [1.807, 2.05) is 13.0 Å². The van der Waals surface area contributed by atoms with Gasteiger partial charge in [0.15, 0.2) is 0 Å². The molecule has 3 heterocycles. The summed E-state index contributed by atoms with van der Waals surface area (Å²) in [7, 11) is 3.15. The van der Waals surface area contributed by atoms with Crippen molar-refractivity contribution in [3.8, 4) is 17.0 Å². The van der Waals surface area contributed by atoms with Crippen LogP contribution in [0.2, 0.25) is 0 Å². The molecular weight excluding hydrogens is 453 g/mol.